The summed E-state index contributed by atoms with van der Waals surface area (Å²) >= 11 is 0. The van der Waals surface area contributed by atoms with E-state index in [-0.39, 0.29) is 12.1 Å². The largest absolute Gasteiger partial charge is 0.377 e. The van der Waals surface area contributed by atoms with Gasteiger partial charge in [-0.2, -0.15) is 20.1 Å². The van der Waals surface area contributed by atoms with E-state index in [1.165, 1.54) is 0 Å². The monoisotopic (exact) mass is 277 g/mol. The lowest BCUT2D eigenvalue weighted by atomic mass is 10.5. The maximum atomic E-state index is 5.72. The van der Waals surface area contributed by atoms with Crippen molar-refractivity contribution in [1.29, 1.82) is 0 Å². The SMILES string of the molecule is CC(C)OCCN(C)c1nc(N)nc(-n2cccn2)n1. The lowest BCUT2D eigenvalue weighted by Crippen LogP contribution is -2.26. The Morgan fingerprint density at radius 1 is 1.35 bits per heavy atom. The first-order valence-electron chi connectivity index (χ1n) is 6.40. The average Bonchev–Trinajstić information content (AvgIpc) is 2.91. The van der Waals surface area contributed by atoms with Crippen molar-refractivity contribution in [3.63, 3.8) is 0 Å². The second kappa shape index (κ2) is 6.29. The number of likely N-dealkylation sites (N-methyl/N-ethyl adjacent to an activating group) is 1. The summed E-state index contributed by atoms with van der Waals surface area (Å²) in [6.07, 6.45) is 3.60. The second-order valence-electron chi connectivity index (χ2n) is 4.59. The van der Waals surface area contributed by atoms with Crippen molar-refractivity contribution in [3.8, 4) is 5.95 Å². The van der Waals surface area contributed by atoms with Gasteiger partial charge in [0, 0.05) is 26.0 Å². The Balaban J connectivity index is 2.11. The van der Waals surface area contributed by atoms with Crippen LogP contribution in [0, 0.1) is 0 Å². The van der Waals surface area contributed by atoms with Crippen molar-refractivity contribution in [1.82, 2.24) is 24.7 Å². The van der Waals surface area contributed by atoms with Crippen LogP contribution in [0.3, 0.4) is 0 Å². The van der Waals surface area contributed by atoms with Crippen molar-refractivity contribution in [3.05, 3.63) is 18.5 Å². The van der Waals surface area contributed by atoms with Gasteiger partial charge >= 0.3 is 0 Å². The Labute approximate surface area is 117 Å². The molecule has 0 saturated heterocycles. The van der Waals surface area contributed by atoms with E-state index in [1.807, 2.05) is 25.8 Å². The highest BCUT2D eigenvalue weighted by Gasteiger charge is 2.10. The third-order valence-corrected chi connectivity index (χ3v) is 2.56. The first-order valence-corrected chi connectivity index (χ1v) is 6.40. The lowest BCUT2D eigenvalue weighted by molar-refractivity contribution is 0.0844. The van der Waals surface area contributed by atoms with Gasteiger partial charge in [-0.1, -0.05) is 0 Å². The van der Waals surface area contributed by atoms with Crippen LogP contribution < -0.4 is 10.6 Å². The Morgan fingerprint density at radius 2 is 2.15 bits per heavy atom. The zero-order valence-corrected chi connectivity index (χ0v) is 11.9. The molecule has 0 radical (unpaired) electrons. The molecule has 0 fully saturated rings. The van der Waals surface area contributed by atoms with E-state index in [0.29, 0.717) is 25.0 Å². The van der Waals surface area contributed by atoms with Crippen molar-refractivity contribution >= 4 is 11.9 Å². The molecule has 0 bridgehead atoms. The molecule has 2 rings (SSSR count). The summed E-state index contributed by atoms with van der Waals surface area (Å²) in [5.74, 6) is 1.06. The minimum atomic E-state index is 0.164. The summed E-state index contributed by atoms with van der Waals surface area (Å²) in [5, 5.41) is 4.08. The molecular weight excluding hydrogens is 258 g/mol. The number of aromatic nitrogens is 5. The molecule has 108 valence electrons. The summed E-state index contributed by atoms with van der Waals surface area (Å²) in [4.78, 5) is 14.4. The van der Waals surface area contributed by atoms with E-state index in [1.54, 1.807) is 23.1 Å². The fourth-order valence-corrected chi connectivity index (χ4v) is 1.55. The topological polar surface area (TPSA) is 95.0 Å². The van der Waals surface area contributed by atoms with Crippen LogP contribution in [0.25, 0.3) is 5.95 Å². The molecule has 0 unspecified atom stereocenters. The highest BCUT2D eigenvalue weighted by atomic mass is 16.5. The summed E-state index contributed by atoms with van der Waals surface area (Å²) in [5.41, 5.74) is 5.72. The van der Waals surface area contributed by atoms with Crippen LogP contribution in [0.15, 0.2) is 18.5 Å². The maximum Gasteiger partial charge on any atom is 0.257 e. The zero-order chi connectivity index (χ0) is 14.5. The molecule has 0 aliphatic heterocycles. The van der Waals surface area contributed by atoms with Crippen LogP contribution in [-0.4, -0.2) is 51.0 Å². The molecule has 0 saturated carbocycles. The molecule has 0 spiro atoms. The van der Waals surface area contributed by atoms with Crippen LogP contribution in [0.2, 0.25) is 0 Å². The molecule has 2 N–H and O–H groups in total. The Morgan fingerprint density at radius 3 is 2.80 bits per heavy atom. The third-order valence-electron chi connectivity index (χ3n) is 2.56. The summed E-state index contributed by atoms with van der Waals surface area (Å²) in [7, 11) is 1.88. The predicted molar refractivity (Wildman–Crippen MR) is 75.7 cm³/mol. The summed E-state index contributed by atoms with van der Waals surface area (Å²) < 4.78 is 7.05. The Kier molecular flexibility index (Phi) is 4.46. The standard InChI is InChI=1S/C12H19N7O/c1-9(2)20-8-7-18(3)11-15-10(13)16-12(17-11)19-6-4-5-14-19/h4-6,9H,7-8H2,1-3H3,(H2,13,15,16,17). The fourth-order valence-electron chi connectivity index (χ4n) is 1.55. The van der Waals surface area contributed by atoms with Gasteiger partial charge in [-0.25, -0.2) is 4.68 Å². The predicted octanol–water partition coefficient (Wildman–Crippen LogP) is 0.501. The molecule has 2 heterocycles. The van der Waals surface area contributed by atoms with E-state index in [0.717, 1.165) is 0 Å². The highest BCUT2D eigenvalue weighted by Crippen LogP contribution is 2.09. The van der Waals surface area contributed by atoms with Crippen molar-refractivity contribution in [2.75, 3.05) is 30.8 Å². The van der Waals surface area contributed by atoms with Crippen LogP contribution in [0.5, 0.6) is 0 Å². The van der Waals surface area contributed by atoms with E-state index in [4.69, 9.17) is 10.5 Å². The zero-order valence-electron chi connectivity index (χ0n) is 11.9. The molecule has 20 heavy (non-hydrogen) atoms. The summed E-state index contributed by atoms with van der Waals surface area (Å²) in [6.45, 7) is 5.25. The van der Waals surface area contributed by atoms with Crippen LogP contribution in [0.1, 0.15) is 13.8 Å². The molecule has 0 amide bonds. The minimum absolute atomic E-state index is 0.164. The van der Waals surface area contributed by atoms with Gasteiger partial charge in [-0.15, -0.1) is 0 Å². The fraction of sp³-hybridized carbons (Fsp3) is 0.500. The van der Waals surface area contributed by atoms with Crippen LogP contribution in [-0.2, 0) is 4.74 Å². The number of ether oxygens (including phenoxy) is 1. The quantitative estimate of drug-likeness (QED) is 0.821. The normalized spacial score (nSPS) is 11.0. The van der Waals surface area contributed by atoms with Gasteiger partial charge in [-0.05, 0) is 19.9 Å². The van der Waals surface area contributed by atoms with Crippen molar-refractivity contribution in [2.45, 2.75) is 20.0 Å². The van der Waals surface area contributed by atoms with Gasteiger partial charge in [0.05, 0.1) is 12.7 Å². The first kappa shape index (κ1) is 14.2. The van der Waals surface area contributed by atoms with Crippen molar-refractivity contribution in [2.24, 2.45) is 0 Å². The second-order valence-corrected chi connectivity index (χ2v) is 4.59. The first-order chi connectivity index (χ1) is 9.56. The number of hydrogen-bond acceptors (Lipinski definition) is 7. The molecule has 0 aliphatic carbocycles. The molecule has 0 atom stereocenters. The number of nitrogens with two attached hydrogens (primary N) is 1. The summed E-state index contributed by atoms with van der Waals surface area (Å²) in [6, 6.07) is 1.79. The van der Waals surface area contributed by atoms with Crippen LogP contribution in [0.4, 0.5) is 11.9 Å². The van der Waals surface area contributed by atoms with Crippen molar-refractivity contribution < 1.29 is 4.74 Å². The molecule has 8 heteroatoms. The molecular formula is C12H19N7O. The van der Waals surface area contributed by atoms with Crippen LogP contribution >= 0.6 is 0 Å². The minimum Gasteiger partial charge on any atom is -0.377 e. The average molecular weight is 277 g/mol. The maximum absolute atomic E-state index is 5.72. The van der Waals surface area contributed by atoms with Gasteiger partial charge in [0.25, 0.3) is 5.95 Å². The molecule has 0 aliphatic rings. The van der Waals surface area contributed by atoms with Gasteiger partial charge in [-0.3, -0.25) is 0 Å². The van der Waals surface area contributed by atoms with E-state index < -0.39 is 0 Å². The number of hydrogen-bond donors (Lipinski definition) is 1. The van der Waals surface area contributed by atoms with E-state index >= 15 is 0 Å². The Hall–Kier alpha value is -2.22. The molecule has 8 nitrogen and oxygen atoms in total. The smallest absolute Gasteiger partial charge is 0.257 e. The number of rotatable bonds is 6. The number of nitrogen functional groups attached to an aromatic ring is 1. The van der Waals surface area contributed by atoms with Gasteiger partial charge in [0.15, 0.2) is 0 Å². The highest BCUT2D eigenvalue weighted by molar-refractivity contribution is 5.36. The third kappa shape index (κ3) is 3.64. The van der Waals surface area contributed by atoms with E-state index in [9.17, 15) is 0 Å². The van der Waals surface area contributed by atoms with Gasteiger partial charge < -0.3 is 15.4 Å². The molecule has 2 aromatic heterocycles. The number of anilines is 2. The van der Waals surface area contributed by atoms with Gasteiger partial charge in [0.1, 0.15) is 0 Å². The Bertz CT molecular complexity index is 541. The molecule has 2 aromatic rings. The molecule has 0 aromatic carbocycles. The van der Waals surface area contributed by atoms with Gasteiger partial charge in [0.2, 0.25) is 11.9 Å². The lowest BCUT2D eigenvalue weighted by Gasteiger charge is -2.18. The number of nitrogens with zero attached hydrogens (tertiary/aromatic N) is 6. The van der Waals surface area contributed by atoms with E-state index in [2.05, 4.69) is 20.1 Å².